The minimum atomic E-state index is -0.244. The van der Waals surface area contributed by atoms with Gasteiger partial charge in [-0.2, -0.15) is 15.2 Å². The van der Waals surface area contributed by atoms with Gasteiger partial charge in [-0.05, 0) is 69.7 Å². The molecule has 0 N–H and O–H groups in total. The second kappa shape index (κ2) is 14.3. The zero-order chi connectivity index (χ0) is 32.2. The standard InChI is InChI=1S/C36H44ClN7O2/c1-4-33(45)44-21-20-43(23-28(44)16-18-38)35-29-17-19-42(32-15-6-11-26-10-5-14-30(37)34(26)32)24-31(29)39-36(40-35)46-22-8-9-25(2)41(3)27-12-7-13-27/h4-6,10-11,14-15,25,27-28H,1,7-9,12-13,16-17,19-24H2,2-3H3/t25-,28-/m0/s1. The Balaban J connectivity index is 1.26. The fraction of sp³-hybridized carbons (Fsp3) is 0.500. The molecule has 2 aromatic carbocycles. The summed E-state index contributed by atoms with van der Waals surface area (Å²) in [5, 5.41) is 12.4. The number of halogens is 1. The summed E-state index contributed by atoms with van der Waals surface area (Å²) < 4.78 is 6.28. The average Bonchev–Trinajstić information content (AvgIpc) is 3.04. The van der Waals surface area contributed by atoms with Crippen LogP contribution in [-0.2, 0) is 17.8 Å². The molecule has 0 spiro atoms. The van der Waals surface area contributed by atoms with E-state index in [9.17, 15) is 10.1 Å². The minimum absolute atomic E-state index is 0.143. The average molecular weight is 642 g/mol. The van der Waals surface area contributed by atoms with E-state index in [2.05, 4.69) is 65.6 Å². The Bertz CT molecular complexity index is 1610. The number of carbonyl (C=O) groups excluding carboxylic acids is 1. The molecule has 2 aliphatic heterocycles. The van der Waals surface area contributed by atoms with Crippen LogP contribution >= 0.6 is 11.6 Å². The lowest BCUT2D eigenvalue weighted by molar-refractivity contribution is -0.128. The van der Waals surface area contributed by atoms with Gasteiger partial charge in [0.15, 0.2) is 0 Å². The molecule has 1 saturated heterocycles. The van der Waals surface area contributed by atoms with E-state index in [1.54, 1.807) is 4.90 Å². The van der Waals surface area contributed by atoms with Crippen LogP contribution in [0.4, 0.5) is 11.5 Å². The number of amides is 1. The van der Waals surface area contributed by atoms with E-state index in [-0.39, 0.29) is 18.4 Å². The molecule has 0 bridgehead atoms. The Morgan fingerprint density at radius 1 is 1.20 bits per heavy atom. The first-order chi connectivity index (χ1) is 22.4. The van der Waals surface area contributed by atoms with Crippen LogP contribution in [0, 0.1) is 11.3 Å². The van der Waals surface area contributed by atoms with Crippen LogP contribution in [-0.4, -0.2) is 83.6 Å². The quantitative estimate of drug-likeness (QED) is 0.186. The smallest absolute Gasteiger partial charge is 0.318 e. The molecular weight excluding hydrogens is 598 g/mol. The molecule has 3 aromatic rings. The molecule has 9 nitrogen and oxygen atoms in total. The van der Waals surface area contributed by atoms with Crippen molar-refractivity contribution in [3.05, 3.63) is 65.3 Å². The molecule has 46 heavy (non-hydrogen) atoms. The van der Waals surface area contributed by atoms with Crippen LogP contribution in [0.1, 0.15) is 56.7 Å². The van der Waals surface area contributed by atoms with E-state index in [0.29, 0.717) is 50.9 Å². The lowest BCUT2D eigenvalue weighted by Crippen LogP contribution is -2.55. The number of hydrogen-bond acceptors (Lipinski definition) is 8. The summed E-state index contributed by atoms with van der Waals surface area (Å²) >= 11 is 6.72. The summed E-state index contributed by atoms with van der Waals surface area (Å²) in [6, 6.07) is 15.9. The molecule has 0 unspecified atom stereocenters. The van der Waals surface area contributed by atoms with Gasteiger partial charge in [-0.15, -0.1) is 0 Å². The maximum absolute atomic E-state index is 12.6. The third-order valence-corrected chi connectivity index (χ3v) is 10.4. The number of rotatable bonds is 11. The number of piperazine rings is 1. The minimum Gasteiger partial charge on any atom is -0.463 e. The summed E-state index contributed by atoms with van der Waals surface area (Å²) in [4.78, 5) is 31.4. The van der Waals surface area contributed by atoms with Crippen molar-refractivity contribution in [2.24, 2.45) is 0 Å². The monoisotopic (exact) mass is 641 g/mol. The van der Waals surface area contributed by atoms with Gasteiger partial charge in [-0.25, -0.2) is 0 Å². The normalized spacial score (nSPS) is 19.0. The largest absolute Gasteiger partial charge is 0.463 e. The van der Waals surface area contributed by atoms with Crippen molar-refractivity contribution >= 4 is 39.8 Å². The number of aromatic nitrogens is 2. The number of nitrogens with zero attached hydrogens (tertiary/aromatic N) is 7. The van der Waals surface area contributed by atoms with Gasteiger partial charge < -0.3 is 24.3 Å². The zero-order valence-electron chi connectivity index (χ0n) is 27.0. The Hall–Kier alpha value is -3.87. The van der Waals surface area contributed by atoms with Crippen molar-refractivity contribution in [1.29, 1.82) is 5.26 Å². The van der Waals surface area contributed by atoms with Crippen LogP contribution in [0.2, 0.25) is 5.02 Å². The Labute approximate surface area is 277 Å². The number of benzene rings is 2. The maximum Gasteiger partial charge on any atom is 0.318 e. The molecule has 6 rings (SSSR count). The first kappa shape index (κ1) is 32.1. The van der Waals surface area contributed by atoms with Crippen molar-refractivity contribution in [2.45, 2.75) is 76.5 Å². The Kier molecular flexibility index (Phi) is 9.95. The molecule has 2 atom stereocenters. The van der Waals surface area contributed by atoms with Crippen LogP contribution in [0.3, 0.4) is 0 Å². The topological polar surface area (TPSA) is 88.8 Å². The molecule has 3 aliphatic rings. The van der Waals surface area contributed by atoms with Gasteiger partial charge in [0.1, 0.15) is 5.82 Å². The van der Waals surface area contributed by atoms with E-state index >= 15 is 0 Å². The highest BCUT2D eigenvalue weighted by molar-refractivity contribution is 6.36. The molecule has 10 heteroatoms. The number of carbonyl (C=O) groups is 1. The first-order valence-corrected chi connectivity index (χ1v) is 17.0. The predicted octanol–water partition coefficient (Wildman–Crippen LogP) is 5.99. The summed E-state index contributed by atoms with van der Waals surface area (Å²) in [5.41, 5.74) is 3.13. The number of nitriles is 1. The van der Waals surface area contributed by atoms with Crippen LogP contribution in [0.5, 0.6) is 6.01 Å². The van der Waals surface area contributed by atoms with Gasteiger partial charge in [-0.3, -0.25) is 4.79 Å². The van der Waals surface area contributed by atoms with Crippen LogP contribution in [0.25, 0.3) is 10.8 Å². The molecule has 1 amide bonds. The highest BCUT2D eigenvalue weighted by Gasteiger charge is 2.33. The first-order valence-electron chi connectivity index (χ1n) is 16.6. The van der Waals surface area contributed by atoms with Crippen LogP contribution < -0.4 is 14.5 Å². The number of ether oxygens (including phenoxy) is 1. The summed E-state index contributed by atoms with van der Waals surface area (Å²) in [6.45, 7) is 9.53. The van der Waals surface area contributed by atoms with Gasteiger partial charge in [0, 0.05) is 54.9 Å². The SMILES string of the molecule is C=CC(=O)N1CCN(c2nc(OCCC[C@H](C)N(C)C3CCC3)nc3c2CCN(c2cccc4cccc(Cl)c24)C3)C[C@@H]1CC#N. The van der Waals surface area contributed by atoms with Gasteiger partial charge in [-0.1, -0.05) is 48.9 Å². The molecule has 1 aromatic heterocycles. The van der Waals surface area contributed by atoms with E-state index < -0.39 is 0 Å². The molecule has 242 valence electrons. The third kappa shape index (κ3) is 6.65. The lowest BCUT2D eigenvalue weighted by atomic mass is 9.90. The van der Waals surface area contributed by atoms with Crippen molar-refractivity contribution in [1.82, 2.24) is 19.8 Å². The van der Waals surface area contributed by atoms with Gasteiger partial charge in [0.05, 0.1) is 42.4 Å². The predicted molar refractivity (Wildman–Crippen MR) is 183 cm³/mol. The second-order valence-corrected chi connectivity index (χ2v) is 13.2. The third-order valence-electron chi connectivity index (χ3n) is 10.1. The van der Waals surface area contributed by atoms with Gasteiger partial charge in [0.2, 0.25) is 5.91 Å². The molecule has 0 radical (unpaired) electrons. The highest BCUT2D eigenvalue weighted by Crippen LogP contribution is 2.37. The fourth-order valence-corrected chi connectivity index (χ4v) is 7.37. The summed E-state index contributed by atoms with van der Waals surface area (Å²) in [6.07, 6.45) is 8.24. The van der Waals surface area contributed by atoms with Crippen molar-refractivity contribution in [3.63, 3.8) is 0 Å². The number of hydrogen-bond donors (Lipinski definition) is 0. The van der Waals surface area contributed by atoms with Crippen molar-refractivity contribution in [3.8, 4) is 12.1 Å². The highest BCUT2D eigenvalue weighted by atomic mass is 35.5. The summed E-state index contributed by atoms with van der Waals surface area (Å²) in [7, 11) is 2.24. The zero-order valence-corrected chi connectivity index (χ0v) is 27.8. The molecule has 2 fully saturated rings. The maximum atomic E-state index is 12.6. The Morgan fingerprint density at radius 3 is 2.74 bits per heavy atom. The molecule has 3 heterocycles. The number of anilines is 2. The fourth-order valence-electron chi connectivity index (χ4n) is 7.09. The Morgan fingerprint density at radius 2 is 2.00 bits per heavy atom. The van der Waals surface area contributed by atoms with E-state index in [1.165, 1.54) is 25.3 Å². The van der Waals surface area contributed by atoms with Gasteiger partial charge in [0.25, 0.3) is 0 Å². The molecule has 1 saturated carbocycles. The molecular formula is C36H44ClN7O2. The van der Waals surface area contributed by atoms with E-state index in [1.807, 2.05) is 12.1 Å². The lowest BCUT2D eigenvalue weighted by Gasteiger charge is -2.42. The van der Waals surface area contributed by atoms with Crippen LogP contribution in [0.15, 0.2) is 49.1 Å². The van der Waals surface area contributed by atoms with E-state index in [4.69, 9.17) is 26.3 Å². The molecule has 1 aliphatic carbocycles. The second-order valence-electron chi connectivity index (χ2n) is 12.8. The van der Waals surface area contributed by atoms with Crippen molar-refractivity contribution < 1.29 is 9.53 Å². The van der Waals surface area contributed by atoms with E-state index in [0.717, 1.165) is 64.4 Å². The number of fused-ring (bicyclic) bond motifs is 2. The summed E-state index contributed by atoms with van der Waals surface area (Å²) in [5.74, 6) is 0.706. The van der Waals surface area contributed by atoms with Gasteiger partial charge >= 0.3 is 6.01 Å². The van der Waals surface area contributed by atoms with Crippen molar-refractivity contribution in [2.75, 3.05) is 49.6 Å².